The molecule has 0 unspecified atom stereocenters. The van der Waals surface area contributed by atoms with E-state index >= 15 is 0 Å². The lowest BCUT2D eigenvalue weighted by Crippen LogP contribution is -2.49. The summed E-state index contributed by atoms with van der Waals surface area (Å²) in [4.78, 5) is 28.8. The zero-order valence-corrected chi connectivity index (χ0v) is 16.6. The Morgan fingerprint density at radius 2 is 1.74 bits per heavy atom. The largest absolute Gasteiger partial charge is 0.435 e. The highest BCUT2D eigenvalue weighted by molar-refractivity contribution is 6.04. The Bertz CT molecular complexity index is 1190. The number of alkyl halides is 2. The molecule has 7 nitrogen and oxygen atoms in total. The second kappa shape index (κ2) is 8.29. The van der Waals surface area contributed by atoms with Gasteiger partial charge in [-0.25, -0.2) is 9.07 Å². The molecule has 0 saturated carbocycles. The Kier molecular flexibility index (Phi) is 5.53. The molecule has 0 N–H and O–H groups in total. The first-order valence-electron chi connectivity index (χ1n) is 9.59. The first-order chi connectivity index (χ1) is 14.8. The smallest absolute Gasteiger partial charge is 0.387 e. The van der Waals surface area contributed by atoms with Gasteiger partial charge in [0.15, 0.2) is 5.69 Å². The number of halogens is 3. The van der Waals surface area contributed by atoms with Crippen LogP contribution in [0, 0.1) is 5.82 Å². The molecule has 1 aromatic heterocycles. The van der Waals surface area contributed by atoms with Crippen LogP contribution in [0.2, 0.25) is 0 Å². The first-order valence-corrected chi connectivity index (χ1v) is 9.59. The van der Waals surface area contributed by atoms with Gasteiger partial charge in [0, 0.05) is 56.4 Å². The van der Waals surface area contributed by atoms with Crippen LogP contribution in [0.3, 0.4) is 0 Å². The van der Waals surface area contributed by atoms with E-state index in [1.165, 1.54) is 19.2 Å². The average molecular weight is 432 g/mol. The molecule has 1 aliphatic heterocycles. The van der Waals surface area contributed by atoms with Crippen LogP contribution in [0.5, 0.6) is 5.75 Å². The van der Waals surface area contributed by atoms with Crippen LogP contribution in [0.4, 0.5) is 18.9 Å². The van der Waals surface area contributed by atoms with Crippen LogP contribution in [0.15, 0.2) is 47.3 Å². The molecule has 10 heteroatoms. The summed E-state index contributed by atoms with van der Waals surface area (Å²) in [7, 11) is 1.49. The summed E-state index contributed by atoms with van der Waals surface area (Å²) in [5.74, 6) is -1.26. The van der Waals surface area contributed by atoms with Gasteiger partial charge in [-0.3, -0.25) is 9.59 Å². The van der Waals surface area contributed by atoms with Crippen LogP contribution in [-0.2, 0) is 7.05 Å². The average Bonchev–Trinajstić information content (AvgIpc) is 2.75. The number of aromatic nitrogens is 2. The molecule has 0 aliphatic carbocycles. The highest BCUT2D eigenvalue weighted by atomic mass is 19.3. The lowest BCUT2D eigenvalue weighted by molar-refractivity contribution is -0.0499. The molecule has 31 heavy (non-hydrogen) atoms. The van der Waals surface area contributed by atoms with Crippen molar-refractivity contribution in [2.75, 3.05) is 31.1 Å². The molecule has 2 aromatic carbocycles. The van der Waals surface area contributed by atoms with Crippen molar-refractivity contribution in [2.24, 2.45) is 7.05 Å². The summed E-state index contributed by atoms with van der Waals surface area (Å²) in [6.45, 7) is -1.67. The van der Waals surface area contributed by atoms with Crippen molar-refractivity contribution in [3.63, 3.8) is 0 Å². The molecule has 0 spiro atoms. The zero-order valence-electron chi connectivity index (χ0n) is 16.6. The third-order valence-corrected chi connectivity index (χ3v) is 5.17. The molecule has 162 valence electrons. The fourth-order valence-corrected chi connectivity index (χ4v) is 3.68. The number of benzene rings is 2. The van der Waals surface area contributed by atoms with Crippen molar-refractivity contribution in [3.05, 3.63) is 64.3 Å². The maximum atomic E-state index is 13.8. The van der Waals surface area contributed by atoms with E-state index in [1.807, 2.05) is 0 Å². The van der Waals surface area contributed by atoms with E-state index in [4.69, 9.17) is 0 Å². The standard InChI is InChI=1S/C21H19F3N4O3/c1-26-19(29)17-5-3-2-4-16(17)18(25-26)20(30)28-8-6-27(7-9-28)14-10-13(22)11-15(12-14)31-21(23)24/h2-5,10-12,21H,6-9H2,1H3. The van der Waals surface area contributed by atoms with Crippen molar-refractivity contribution in [2.45, 2.75) is 6.61 Å². The molecule has 1 aliphatic rings. The Morgan fingerprint density at radius 1 is 1.06 bits per heavy atom. The second-order valence-corrected chi connectivity index (χ2v) is 7.13. The summed E-state index contributed by atoms with van der Waals surface area (Å²) >= 11 is 0. The molecule has 1 amide bonds. The van der Waals surface area contributed by atoms with Crippen molar-refractivity contribution < 1.29 is 22.7 Å². The van der Waals surface area contributed by atoms with Crippen LogP contribution in [0.1, 0.15) is 10.5 Å². The van der Waals surface area contributed by atoms with E-state index < -0.39 is 12.4 Å². The van der Waals surface area contributed by atoms with Crippen LogP contribution in [-0.4, -0.2) is 53.4 Å². The zero-order chi connectivity index (χ0) is 22.1. The maximum absolute atomic E-state index is 13.8. The number of rotatable bonds is 4. The van der Waals surface area contributed by atoms with Crippen LogP contribution in [0.25, 0.3) is 10.8 Å². The minimum atomic E-state index is -3.05. The molecule has 4 rings (SSSR count). The Balaban J connectivity index is 1.53. The number of hydrogen-bond acceptors (Lipinski definition) is 5. The quantitative estimate of drug-likeness (QED) is 0.634. The molecule has 0 atom stereocenters. The minimum absolute atomic E-state index is 0.185. The van der Waals surface area contributed by atoms with Crippen LogP contribution < -0.4 is 15.2 Å². The van der Waals surface area contributed by atoms with E-state index in [0.29, 0.717) is 42.6 Å². The van der Waals surface area contributed by atoms with Gasteiger partial charge in [0.05, 0.1) is 5.39 Å². The van der Waals surface area contributed by atoms with Gasteiger partial charge in [-0.1, -0.05) is 18.2 Å². The van der Waals surface area contributed by atoms with Gasteiger partial charge in [-0.15, -0.1) is 0 Å². The molecular weight excluding hydrogens is 413 g/mol. The van der Waals surface area contributed by atoms with E-state index in [1.54, 1.807) is 34.1 Å². The van der Waals surface area contributed by atoms with Gasteiger partial charge < -0.3 is 14.5 Å². The number of anilines is 1. The number of ether oxygens (including phenoxy) is 1. The highest BCUT2D eigenvalue weighted by Gasteiger charge is 2.26. The molecule has 3 aromatic rings. The van der Waals surface area contributed by atoms with Crippen molar-refractivity contribution in [1.29, 1.82) is 0 Å². The first kappa shape index (κ1) is 20.7. The van der Waals surface area contributed by atoms with Gasteiger partial charge in [-0.2, -0.15) is 13.9 Å². The molecule has 1 fully saturated rings. The number of amides is 1. The van der Waals surface area contributed by atoms with Gasteiger partial charge >= 0.3 is 6.61 Å². The predicted molar refractivity (Wildman–Crippen MR) is 108 cm³/mol. The SMILES string of the molecule is Cn1nc(C(=O)N2CCN(c3cc(F)cc(OC(F)F)c3)CC2)c2ccccc2c1=O. The highest BCUT2D eigenvalue weighted by Crippen LogP contribution is 2.26. The topological polar surface area (TPSA) is 67.7 Å². The van der Waals surface area contributed by atoms with Gasteiger partial charge in [0.2, 0.25) is 0 Å². The number of fused-ring (bicyclic) bond motifs is 1. The fraction of sp³-hybridized carbons (Fsp3) is 0.286. The minimum Gasteiger partial charge on any atom is -0.435 e. The van der Waals surface area contributed by atoms with Crippen molar-refractivity contribution >= 4 is 22.4 Å². The number of carbonyl (C=O) groups is 1. The van der Waals surface area contributed by atoms with E-state index in [2.05, 4.69) is 9.84 Å². The van der Waals surface area contributed by atoms with Gasteiger partial charge in [-0.05, 0) is 12.1 Å². The summed E-state index contributed by atoms with van der Waals surface area (Å²) < 4.78 is 44.2. The predicted octanol–water partition coefficient (Wildman–Crippen LogP) is 2.64. The molecule has 0 bridgehead atoms. The summed E-state index contributed by atoms with van der Waals surface area (Å²) in [5, 5.41) is 5.06. The van der Waals surface area contributed by atoms with Crippen molar-refractivity contribution in [3.8, 4) is 5.75 Å². The number of piperazine rings is 1. The number of aryl methyl sites for hydroxylation is 1. The molecular formula is C21H19F3N4O3. The third kappa shape index (κ3) is 4.18. The Hall–Kier alpha value is -3.56. The number of hydrogen-bond donors (Lipinski definition) is 0. The lowest BCUT2D eigenvalue weighted by Gasteiger charge is -2.36. The van der Waals surface area contributed by atoms with Crippen LogP contribution >= 0.6 is 0 Å². The van der Waals surface area contributed by atoms with Crippen molar-refractivity contribution in [1.82, 2.24) is 14.7 Å². The second-order valence-electron chi connectivity index (χ2n) is 7.13. The molecule has 0 radical (unpaired) electrons. The van der Waals surface area contributed by atoms with E-state index in [-0.39, 0.29) is 22.9 Å². The Morgan fingerprint density at radius 3 is 2.42 bits per heavy atom. The monoisotopic (exact) mass is 432 g/mol. The Labute approximate surface area is 175 Å². The molecule has 2 heterocycles. The molecule has 1 saturated heterocycles. The van der Waals surface area contributed by atoms with Gasteiger partial charge in [0.25, 0.3) is 11.5 Å². The van der Waals surface area contributed by atoms with E-state index in [0.717, 1.165) is 10.7 Å². The van der Waals surface area contributed by atoms with Gasteiger partial charge in [0.1, 0.15) is 11.6 Å². The summed E-state index contributed by atoms with van der Waals surface area (Å²) in [6.07, 6.45) is 0. The normalized spacial score (nSPS) is 14.4. The lowest BCUT2D eigenvalue weighted by atomic mass is 10.1. The summed E-state index contributed by atoms with van der Waals surface area (Å²) in [6, 6.07) is 10.3. The third-order valence-electron chi connectivity index (χ3n) is 5.17. The summed E-state index contributed by atoms with van der Waals surface area (Å²) in [5.41, 5.74) is 0.294. The fourth-order valence-electron chi connectivity index (χ4n) is 3.68. The maximum Gasteiger partial charge on any atom is 0.387 e. The number of nitrogens with zero attached hydrogens (tertiary/aromatic N) is 4. The number of carbonyl (C=O) groups excluding carboxylic acids is 1. The van der Waals surface area contributed by atoms with E-state index in [9.17, 15) is 22.8 Å².